The summed E-state index contributed by atoms with van der Waals surface area (Å²) in [6.45, 7) is 5.31. The fourth-order valence-corrected chi connectivity index (χ4v) is 15.3. The van der Waals surface area contributed by atoms with E-state index in [1.54, 1.807) is 30.5 Å². The van der Waals surface area contributed by atoms with Gasteiger partial charge in [-0.2, -0.15) is 0 Å². The lowest BCUT2D eigenvalue weighted by Gasteiger charge is -2.32. The molecule has 758 valence electrons. The number of Topliss-reactive ketones (excluding diaryl/α,β-unsaturated/α-hetero) is 3. The summed E-state index contributed by atoms with van der Waals surface area (Å²) < 4.78 is 0. The quantitative estimate of drug-likeness (QED) is 0.0162. The van der Waals surface area contributed by atoms with Crippen molar-refractivity contribution >= 4 is 141 Å². The molecule has 0 aliphatic carbocycles. The van der Waals surface area contributed by atoms with Gasteiger partial charge in [-0.25, -0.2) is 10.9 Å². The number of aromatic amines is 1. The Balaban J connectivity index is 1.26. The number of carboxylic acids is 3. The number of guanidine groups is 1. The molecule has 3 aliphatic heterocycles. The van der Waals surface area contributed by atoms with Gasteiger partial charge in [0.2, 0.25) is 100 Å². The Kier molecular flexibility index (Phi) is 47.1. The Bertz CT molecular complexity index is 4840. The third-order valence-corrected chi connectivity index (χ3v) is 22.8. The smallest absolute Gasteiger partial charge is 0.303 e. The summed E-state index contributed by atoms with van der Waals surface area (Å²) in [6, 6.07) is -8.34. The fourth-order valence-electron chi connectivity index (χ4n) is 15.3. The summed E-state index contributed by atoms with van der Waals surface area (Å²) >= 11 is 0. The largest absolute Gasteiger partial charge is 0.508 e. The minimum atomic E-state index is -1.98. The molecule has 138 heavy (non-hydrogen) atoms. The van der Waals surface area contributed by atoms with Crippen molar-refractivity contribution in [3.05, 3.63) is 78.1 Å². The standard InChI is InChI=1S/C88H130N24O26/c1-47-41-93-35-11-5-6-15-54(115)43-98-99-46-70(119)102-59(26-30-68(90)117)81(132)104-57(19-12-36-94-88(91)92)80(131)105-61(29-33-73(124)125)82(133)110-74(50(4)113)87(138)112-38-14-21-66(112)84(135)106-58(27-31-71(120)121)78(129)97-45-69(118)100-48(2)76(127)103-60(28-32-72(122)123)79(130)101-49(3)77(128)107-62(18-9-10-34-89)86(137)111-37-13-20-65(111)85(136)109-64(40-52-42-96-56-17-8-7-16-55(52)56)83(134)108-63(75(126)67(116)44-95-47)39-51-22-24-53(114)25-23-51/h7-8,16-17,22-25,42,48-50,57-66,74,93,95-96,98-99,113-114H,1,5-6,9-15,18-21,26-41,43-46,89H2,2-4H3,(H2,90,117)(H,97,129)(H,100,118)(H,101,130)(H,102,119)(H,103,127)(H,104,132)(H,105,131)(H,106,135)(H,107,128)(H,108,134)(H,109,136)(H,110,133)(H,120,121)(H,122,123)(H,124,125)(H4,91,92,94)/t48?,49?,50-,57+,58?,59+,60+,61+,62+,63+,64+,65+,66+,74+/m1/s1. The van der Waals surface area contributed by atoms with E-state index in [-0.39, 0.29) is 121 Å². The van der Waals surface area contributed by atoms with Gasteiger partial charge in [0.15, 0.2) is 5.96 Å². The lowest BCUT2D eigenvalue weighted by Crippen LogP contribution is -2.61. The van der Waals surface area contributed by atoms with Crippen LogP contribution in [0, 0.1) is 5.41 Å². The second-order valence-electron chi connectivity index (χ2n) is 33.9. The zero-order valence-corrected chi connectivity index (χ0v) is 77.3. The van der Waals surface area contributed by atoms with Crippen LogP contribution in [0.2, 0.25) is 0 Å². The van der Waals surface area contributed by atoms with Crippen LogP contribution in [0.1, 0.15) is 167 Å². The maximum Gasteiger partial charge on any atom is 0.303 e. The zero-order chi connectivity index (χ0) is 102. The number of fused-ring (bicyclic) bond motifs is 3. The number of hydrogen-bond acceptors (Lipinski definition) is 29. The van der Waals surface area contributed by atoms with Crippen LogP contribution in [0.25, 0.3) is 10.9 Å². The van der Waals surface area contributed by atoms with Crippen molar-refractivity contribution in [2.75, 3.05) is 65.4 Å². The number of carbonyl (C=O) groups is 21. The first-order chi connectivity index (χ1) is 65.5. The van der Waals surface area contributed by atoms with Crippen LogP contribution in [0.3, 0.4) is 0 Å². The molecule has 0 saturated carbocycles. The average Bonchev–Trinajstić information content (AvgIpc) is 1.68. The van der Waals surface area contributed by atoms with Crippen LogP contribution in [-0.4, -0.2) is 320 Å². The maximum atomic E-state index is 15.0. The number of amides is 15. The number of para-hydroxylation sites is 1. The normalized spacial score (nSPS) is 24.5. The van der Waals surface area contributed by atoms with Crippen molar-refractivity contribution in [3.63, 3.8) is 0 Å². The van der Waals surface area contributed by atoms with Gasteiger partial charge < -0.3 is 137 Å². The summed E-state index contributed by atoms with van der Waals surface area (Å²) in [5.74, 6) is -22.8. The number of aromatic hydroxyl groups is 1. The Morgan fingerprint density at radius 1 is 0.500 bits per heavy atom. The predicted molar refractivity (Wildman–Crippen MR) is 491 cm³/mol. The summed E-state index contributed by atoms with van der Waals surface area (Å²) in [4.78, 5) is 294. The average molecular weight is 1940 g/mol. The molecule has 3 aliphatic rings. The van der Waals surface area contributed by atoms with Crippen LogP contribution in [0.4, 0.5) is 0 Å². The minimum Gasteiger partial charge on any atom is -0.508 e. The number of carboxylic acid groups (broad SMARTS) is 3. The summed E-state index contributed by atoms with van der Waals surface area (Å²) in [7, 11) is 0. The van der Waals surface area contributed by atoms with Gasteiger partial charge in [0.1, 0.15) is 84.0 Å². The monoisotopic (exact) mass is 1940 g/mol. The van der Waals surface area contributed by atoms with Gasteiger partial charge in [0.25, 0.3) is 0 Å². The number of hydrazine groups is 1. The minimum absolute atomic E-state index is 0.0272. The van der Waals surface area contributed by atoms with Gasteiger partial charge in [0.05, 0.1) is 38.3 Å². The molecule has 3 fully saturated rings. The number of primary amides is 1. The van der Waals surface area contributed by atoms with Crippen LogP contribution >= 0.6 is 0 Å². The topological polar surface area (TPSA) is 788 Å². The molecule has 50 heteroatoms. The molecule has 15 amide bonds. The van der Waals surface area contributed by atoms with E-state index in [1.165, 1.54) is 36.1 Å². The molecular weight excluding hydrogens is 1810 g/mol. The first-order valence-corrected chi connectivity index (χ1v) is 45.6. The second-order valence-corrected chi connectivity index (χ2v) is 33.9. The van der Waals surface area contributed by atoms with Crippen molar-refractivity contribution in [1.29, 1.82) is 5.41 Å². The number of phenolic OH excluding ortho intramolecular Hbond substituents is 1. The van der Waals surface area contributed by atoms with Crippen LogP contribution in [-0.2, 0) is 114 Å². The second kappa shape index (κ2) is 57.7. The molecule has 4 heterocycles. The Hall–Kier alpha value is -14.1. The van der Waals surface area contributed by atoms with Gasteiger partial charge >= 0.3 is 17.9 Å². The number of nitrogens with two attached hydrogens (primary N) is 3. The molecule has 0 radical (unpaired) electrons. The van der Waals surface area contributed by atoms with E-state index in [2.05, 4.69) is 102 Å². The van der Waals surface area contributed by atoms with Crippen molar-refractivity contribution in [1.82, 2.24) is 105 Å². The summed E-state index contributed by atoms with van der Waals surface area (Å²) in [6.07, 6.45) is -3.79. The first kappa shape index (κ1) is 113. The fraction of sp³-hybridized carbons (Fsp3) is 0.568. The number of hydrogen-bond donors (Lipinski definition) is 27. The summed E-state index contributed by atoms with van der Waals surface area (Å²) in [5.41, 5.74) is 23.8. The Morgan fingerprint density at radius 3 is 1.59 bits per heavy atom. The lowest BCUT2D eigenvalue weighted by atomic mass is 9.98. The van der Waals surface area contributed by atoms with E-state index in [4.69, 9.17) is 22.6 Å². The predicted octanol–water partition coefficient (Wildman–Crippen LogP) is -7.17. The molecule has 3 saturated heterocycles. The van der Waals surface area contributed by atoms with Crippen molar-refractivity contribution in [3.8, 4) is 5.75 Å². The van der Waals surface area contributed by atoms with E-state index in [9.17, 15) is 121 Å². The number of unbranched alkanes of at least 4 members (excludes halogenated alkanes) is 1. The highest BCUT2D eigenvalue weighted by Gasteiger charge is 2.44. The number of aliphatic hydroxyl groups excluding tert-OH is 1. The number of nitrogens with one attached hydrogen (secondary N) is 19. The van der Waals surface area contributed by atoms with E-state index >= 15 is 4.79 Å². The van der Waals surface area contributed by atoms with Crippen LogP contribution < -0.4 is 108 Å². The molecule has 30 N–H and O–H groups in total. The number of aliphatic hydroxyl groups is 1. The summed E-state index contributed by atoms with van der Waals surface area (Å²) in [5, 5.41) is 96.5. The van der Waals surface area contributed by atoms with Gasteiger partial charge in [-0.15, -0.1) is 0 Å². The van der Waals surface area contributed by atoms with E-state index in [1.807, 2.05) is 0 Å². The molecule has 2 aromatic carbocycles. The number of phenols is 1. The van der Waals surface area contributed by atoms with Gasteiger partial charge in [-0.3, -0.25) is 106 Å². The van der Waals surface area contributed by atoms with Crippen LogP contribution in [0.5, 0.6) is 5.75 Å². The first-order valence-electron chi connectivity index (χ1n) is 45.6. The molecule has 3 unspecified atom stereocenters. The maximum absolute atomic E-state index is 15.0. The molecule has 0 spiro atoms. The van der Waals surface area contributed by atoms with E-state index in [0.29, 0.717) is 60.0 Å². The number of H-pyrrole nitrogens is 1. The number of nitrogens with zero attached hydrogens (tertiary/aromatic N) is 2. The van der Waals surface area contributed by atoms with Crippen molar-refractivity contribution in [2.45, 2.75) is 253 Å². The van der Waals surface area contributed by atoms with Gasteiger partial charge in [0, 0.05) is 93.9 Å². The number of aliphatic carboxylic acids is 3. The SMILES string of the molecule is C=C1CNCCCCCC(=O)CNNCC(=O)N[C@@H](CCC(N)=O)C(=O)N[C@@H](CCCNC(=N)N)C(=O)N[C@@H](CCC(=O)O)C(=O)N[C@@H]([C@@H](C)O)C(=O)N2CCC[C@H]2C(=O)NC(CCC(=O)O)C(=O)NCC(=O)NC(C)C(=O)N[C@@H](CCC(=O)O)C(=O)NC(C)C(=O)N[C@@H](CCCCN)C(=O)N2CCC[C@H]2C(=O)N[C@@H](Cc2c[nH]c3ccccc23)C(=O)N[C@@H](Cc2ccc(O)cc2)C(=O)C(=O)CN1. The Morgan fingerprint density at radius 2 is 1.00 bits per heavy atom. The lowest BCUT2D eigenvalue weighted by molar-refractivity contribution is -0.145. The van der Waals surface area contributed by atoms with Gasteiger partial charge in [-0.05, 0) is 159 Å². The van der Waals surface area contributed by atoms with Crippen molar-refractivity contribution in [2.24, 2.45) is 17.2 Å². The third kappa shape index (κ3) is 38.6. The molecule has 14 atom stereocenters. The van der Waals surface area contributed by atoms with E-state index < -0.39 is 280 Å². The molecule has 0 bridgehead atoms. The number of ketones is 3. The molecule has 6 rings (SSSR count). The third-order valence-electron chi connectivity index (χ3n) is 22.8. The number of rotatable bonds is 25. The number of aromatic nitrogens is 1. The van der Waals surface area contributed by atoms with E-state index in [0.717, 1.165) is 18.7 Å². The number of carbonyl (C=O) groups excluding carboxylic acids is 18. The molecular formula is C88H130N24O26. The molecule has 50 nitrogen and oxygen atoms in total. The Labute approximate surface area is 794 Å². The highest BCUT2D eigenvalue weighted by atomic mass is 16.4. The van der Waals surface area contributed by atoms with Crippen LogP contribution in [0.15, 0.2) is 67.0 Å². The zero-order valence-electron chi connectivity index (χ0n) is 77.3. The molecule has 3 aromatic rings. The highest BCUT2D eigenvalue weighted by molar-refractivity contribution is 6.40. The molecule has 1 aromatic heterocycles. The van der Waals surface area contributed by atoms with Crippen molar-refractivity contribution < 1.29 is 126 Å². The highest BCUT2D eigenvalue weighted by Crippen LogP contribution is 2.25. The van der Waals surface area contributed by atoms with Gasteiger partial charge in [-0.1, -0.05) is 43.3 Å². The number of benzene rings is 2.